The standard InChI is InChI=1S/C27H22FNS/c28-24-12-6-11-21-22-13-14-29-25(27(22)30-26(21)24)19-15-18-9-4-5-10-20(18)23(16-19)17-7-2-1-3-8-17/h4-6,9-17H,1-3,7-8H2. The van der Waals surface area contributed by atoms with Crippen molar-refractivity contribution in [3.63, 3.8) is 0 Å². The quantitative estimate of drug-likeness (QED) is 0.284. The maximum Gasteiger partial charge on any atom is 0.141 e. The number of nitrogens with zero attached hydrogens (tertiary/aromatic N) is 1. The second kappa shape index (κ2) is 7.17. The van der Waals surface area contributed by atoms with Gasteiger partial charge in [0.05, 0.1) is 15.1 Å². The summed E-state index contributed by atoms with van der Waals surface area (Å²) < 4.78 is 16.3. The Kier molecular flexibility index (Phi) is 4.31. The van der Waals surface area contributed by atoms with E-state index in [9.17, 15) is 4.39 Å². The molecule has 6 rings (SSSR count). The average Bonchev–Trinajstić information content (AvgIpc) is 3.19. The van der Waals surface area contributed by atoms with Gasteiger partial charge >= 0.3 is 0 Å². The molecule has 3 heteroatoms. The smallest absolute Gasteiger partial charge is 0.141 e. The third-order valence-electron chi connectivity index (χ3n) is 6.58. The summed E-state index contributed by atoms with van der Waals surface area (Å²) in [5.74, 6) is 0.462. The summed E-state index contributed by atoms with van der Waals surface area (Å²) in [5.41, 5.74) is 3.57. The highest BCUT2D eigenvalue weighted by Gasteiger charge is 2.20. The van der Waals surface area contributed by atoms with E-state index in [0.29, 0.717) is 5.92 Å². The molecule has 0 aliphatic heterocycles. The Morgan fingerprint density at radius 2 is 1.60 bits per heavy atom. The molecule has 3 aromatic carbocycles. The van der Waals surface area contributed by atoms with Crippen LogP contribution in [0.3, 0.4) is 0 Å². The highest BCUT2D eigenvalue weighted by Crippen LogP contribution is 2.43. The minimum Gasteiger partial charge on any atom is -0.255 e. The molecule has 5 aromatic rings. The fraction of sp³-hybridized carbons (Fsp3) is 0.222. The Bertz CT molecular complexity index is 1390. The van der Waals surface area contributed by atoms with Crippen molar-refractivity contribution >= 4 is 42.3 Å². The van der Waals surface area contributed by atoms with Gasteiger partial charge in [0.15, 0.2) is 0 Å². The van der Waals surface area contributed by atoms with E-state index < -0.39 is 0 Å². The van der Waals surface area contributed by atoms with Crippen LogP contribution in [0.15, 0.2) is 66.9 Å². The van der Waals surface area contributed by atoms with Crippen LogP contribution in [0.4, 0.5) is 4.39 Å². The van der Waals surface area contributed by atoms with Crippen molar-refractivity contribution in [2.45, 2.75) is 38.0 Å². The molecule has 0 N–H and O–H groups in total. The van der Waals surface area contributed by atoms with Crippen molar-refractivity contribution in [2.24, 2.45) is 0 Å². The molecule has 0 atom stereocenters. The predicted molar refractivity (Wildman–Crippen MR) is 126 cm³/mol. The molecule has 1 aliphatic rings. The van der Waals surface area contributed by atoms with Gasteiger partial charge in [0, 0.05) is 22.5 Å². The molecule has 30 heavy (non-hydrogen) atoms. The zero-order valence-corrected chi connectivity index (χ0v) is 17.5. The lowest BCUT2D eigenvalue weighted by atomic mass is 9.81. The molecule has 1 nitrogen and oxygen atoms in total. The summed E-state index contributed by atoms with van der Waals surface area (Å²) >= 11 is 1.52. The summed E-state index contributed by atoms with van der Waals surface area (Å²) in [4.78, 5) is 4.78. The highest BCUT2D eigenvalue weighted by atomic mass is 32.1. The maximum atomic E-state index is 14.5. The van der Waals surface area contributed by atoms with Gasteiger partial charge in [-0.1, -0.05) is 55.7 Å². The molecule has 0 amide bonds. The number of halogens is 1. The van der Waals surface area contributed by atoms with Crippen molar-refractivity contribution in [3.05, 3.63) is 78.2 Å². The van der Waals surface area contributed by atoms with E-state index >= 15 is 0 Å². The first kappa shape index (κ1) is 18.0. The molecule has 1 saturated carbocycles. The normalized spacial score (nSPS) is 15.4. The summed E-state index contributed by atoms with van der Waals surface area (Å²) in [6.07, 6.45) is 8.37. The van der Waals surface area contributed by atoms with Crippen LogP contribution in [0.2, 0.25) is 0 Å². The number of hydrogen-bond donors (Lipinski definition) is 0. The number of rotatable bonds is 2. The molecular weight excluding hydrogens is 389 g/mol. The summed E-state index contributed by atoms with van der Waals surface area (Å²) in [6, 6.07) is 20.7. The molecule has 2 aromatic heterocycles. The SMILES string of the molecule is Fc1cccc2c1sc1c(-c3cc(C4CCCCC4)c4ccccc4c3)nccc12. The van der Waals surface area contributed by atoms with Crippen LogP contribution < -0.4 is 0 Å². The molecule has 0 radical (unpaired) electrons. The van der Waals surface area contributed by atoms with Crippen molar-refractivity contribution in [3.8, 4) is 11.3 Å². The van der Waals surface area contributed by atoms with Gasteiger partial charge in [-0.05, 0) is 59.4 Å². The minimum atomic E-state index is -0.152. The fourth-order valence-corrected chi connectivity index (χ4v) is 6.34. The van der Waals surface area contributed by atoms with Crippen molar-refractivity contribution in [1.82, 2.24) is 4.98 Å². The third kappa shape index (κ3) is 2.84. The van der Waals surface area contributed by atoms with Gasteiger partial charge in [0.2, 0.25) is 0 Å². The van der Waals surface area contributed by atoms with Gasteiger partial charge < -0.3 is 0 Å². The zero-order valence-electron chi connectivity index (χ0n) is 16.7. The second-order valence-corrected chi connectivity index (χ2v) is 9.40. The van der Waals surface area contributed by atoms with Gasteiger partial charge in [-0.15, -0.1) is 11.3 Å². The lowest BCUT2D eigenvalue weighted by Crippen LogP contribution is -2.05. The molecule has 148 valence electrons. The molecule has 2 heterocycles. The topological polar surface area (TPSA) is 12.9 Å². The summed E-state index contributed by atoms with van der Waals surface area (Å²) in [7, 11) is 0. The Hall–Kier alpha value is -2.78. The number of fused-ring (bicyclic) bond motifs is 4. The van der Waals surface area contributed by atoms with E-state index in [-0.39, 0.29) is 5.82 Å². The third-order valence-corrected chi connectivity index (χ3v) is 7.81. The van der Waals surface area contributed by atoms with Crippen LogP contribution in [0.25, 0.3) is 42.2 Å². The Morgan fingerprint density at radius 1 is 0.800 bits per heavy atom. The van der Waals surface area contributed by atoms with Crippen molar-refractivity contribution < 1.29 is 4.39 Å². The van der Waals surface area contributed by atoms with Crippen molar-refractivity contribution in [1.29, 1.82) is 0 Å². The molecule has 0 unspecified atom stereocenters. The molecule has 1 fully saturated rings. The molecule has 0 saturated heterocycles. The van der Waals surface area contributed by atoms with Crippen LogP contribution in [0.5, 0.6) is 0 Å². The predicted octanol–water partition coefficient (Wildman–Crippen LogP) is 8.46. The summed E-state index contributed by atoms with van der Waals surface area (Å²) in [5, 5.41) is 4.70. The first-order valence-corrected chi connectivity index (χ1v) is 11.6. The Morgan fingerprint density at radius 3 is 2.50 bits per heavy atom. The van der Waals surface area contributed by atoms with E-state index in [0.717, 1.165) is 31.4 Å². The number of aromatic nitrogens is 1. The van der Waals surface area contributed by atoms with Crippen LogP contribution in [0.1, 0.15) is 43.6 Å². The monoisotopic (exact) mass is 411 g/mol. The van der Waals surface area contributed by atoms with Crippen LogP contribution in [-0.4, -0.2) is 4.98 Å². The van der Waals surface area contributed by atoms with E-state index in [1.54, 1.807) is 12.1 Å². The number of thiophene rings is 1. The molecular formula is C27H22FNS. The summed E-state index contributed by atoms with van der Waals surface area (Å²) in [6.45, 7) is 0. The second-order valence-electron chi connectivity index (χ2n) is 8.38. The number of pyridine rings is 1. The average molecular weight is 412 g/mol. The number of hydrogen-bond acceptors (Lipinski definition) is 2. The van der Waals surface area contributed by atoms with Gasteiger partial charge in [-0.2, -0.15) is 0 Å². The van der Waals surface area contributed by atoms with Gasteiger partial charge in [0.25, 0.3) is 0 Å². The van der Waals surface area contributed by atoms with E-state index in [2.05, 4.69) is 36.4 Å². The van der Waals surface area contributed by atoms with Gasteiger partial charge in [-0.25, -0.2) is 4.39 Å². The highest BCUT2D eigenvalue weighted by molar-refractivity contribution is 7.26. The number of benzene rings is 3. The van der Waals surface area contributed by atoms with E-state index in [1.807, 2.05) is 18.3 Å². The van der Waals surface area contributed by atoms with E-state index in [4.69, 9.17) is 4.98 Å². The first-order chi connectivity index (χ1) is 14.8. The molecule has 0 spiro atoms. The zero-order chi connectivity index (χ0) is 20.1. The maximum absolute atomic E-state index is 14.5. The first-order valence-electron chi connectivity index (χ1n) is 10.8. The van der Waals surface area contributed by atoms with Crippen LogP contribution in [0, 0.1) is 5.82 Å². The van der Waals surface area contributed by atoms with E-state index in [1.165, 1.54) is 59.8 Å². The molecule has 1 aliphatic carbocycles. The van der Waals surface area contributed by atoms with Crippen LogP contribution in [-0.2, 0) is 0 Å². The van der Waals surface area contributed by atoms with Crippen LogP contribution >= 0.6 is 11.3 Å². The fourth-order valence-electron chi connectivity index (χ4n) is 5.12. The van der Waals surface area contributed by atoms with Gasteiger partial charge in [0.1, 0.15) is 5.82 Å². The molecule has 0 bridgehead atoms. The Balaban J connectivity index is 1.62. The lowest BCUT2D eigenvalue weighted by Gasteiger charge is -2.24. The minimum absolute atomic E-state index is 0.152. The largest absolute Gasteiger partial charge is 0.255 e. The van der Waals surface area contributed by atoms with Crippen molar-refractivity contribution in [2.75, 3.05) is 0 Å². The Labute approximate surface area is 179 Å². The van der Waals surface area contributed by atoms with Gasteiger partial charge in [-0.3, -0.25) is 4.98 Å². The lowest BCUT2D eigenvalue weighted by molar-refractivity contribution is 0.445.